The molecule has 1 aliphatic heterocycles. The van der Waals surface area contributed by atoms with Gasteiger partial charge in [-0.1, -0.05) is 37.8 Å². The average molecular weight is 288 g/mol. The van der Waals surface area contributed by atoms with E-state index in [0.717, 1.165) is 24.2 Å². The van der Waals surface area contributed by atoms with E-state index in [9.17, 15) is 4.79 Å². The van der Waals surface area contributed by atoms with Crippen LogP contribution in [0.1, 0.15) is 30.1 Å². The van der Waals surface area contributed by atoms with Crippen LogP contribution < -0.4 is 4.74 Å². The van der Waals surface area contributed by atoms with Crippen LogP contribution in [0.4, 0.5) is 0 Å². The maximum atomic E-state index is 12.9. The van der Waals surface area contributed by atoms with Gasteiger partial charge in [0, 0.05) is 14.0 Å². The zero-order chi connectivity index (χ0) is 14.5. The van der Waals surface area contributed by atoms with Crippen LogP contribution in [0.2, 0.25) is 25.7 Å². The molecule has 0 N–H and O–H groups in total. The molecule has 1 aliphatic carbocycles. The lowest BCUT2D eigenvalue weighted by Gasteiger charge is -2.29. The van der Waals surface area contributed by atoms with Crippen molar-refractivity contribution in [1.29, 1.82) is 0 Å². The molecule has 0 radical (unpaired) electrons. The van der Waals surface area contributed by atoms with Crippen LogP contribution in [0.15, 0.2) is 24.3 Å². The molecule has 0 unspecified atom stereocenters. The van der Waals surface area contributed by atoms with Crippen molar-refractivity contribution in [2.75, 3.05) is 0 Å². The highest BCUT2D eigenvalue weighted by atomic mass is 28.3. The summed E-state index contributed by atoms with van der Waals surface area (Å²) in [6, 6.07) is 8.98. The molecule has 20 heavy (non-hydrogen) atoms. The number of carbonyl (C=O) groups excluding carboxylic acids is 1. The first-order chi connectivity index (χ1) is 9.27. The average Bonchev–Trinajstić information content (AvgIpc) is 2.57. The Morgan fingerprint density at radius 1 is 1.25 bits per heavy atom. The van der Waals surface area contributed by atoms with Gasteiger partial charge in [-0.05, 0) is 37.8 Å². The van der Waals surface area contributed by atoms with Gasteiger partial charge < -0.3 is 4.74 Å². The minimum absolute atomic E-state index is 0.156. The van der Waals surface area contributed by atoms with Crippen LogP contribution in [0, 0.1) is 11.8 Å². The molecule has 1 heterocycles. The summed E-state index contributed by atoms with van der Waals surface area (Å²) in [5, 5.41) is 0. The topological polar surface area (TPSA) is 26.3 Å². The minimum Gasteiger partial charge on any atom is -0.487 e. The van der Waals surface area contributed by atoms with Crippen LogP contribution >= 0.6 is 0 Å². The lowest BCUT2D eigenvalue weighted by atomic mass is 9.89. The number of benzene rings is 1. The number of fused-ring (bicyclic) bond motifs is 3. The third kappa shape index (κ3) is 2.44. The van der Waals surface area contributed by atoms with E-state index >= 15 is 0 Å². The number of hydrogen-bond acceptors (Lipinski definition) is 2. The van der Waals surface area contributed by atoms with Gasteiger partial charge in [-0.25, -0.2) is 0 Å². The second kappa shape index (κ2) is 4.45. The first kappa shape index (κ1) is 13.9. The molecule has 2 aliphatic rings. The molecule has 0 amide bonds. The van der Waals surface area contributed by atoms with Gasteiger partial charge in [0.1, 0.15) is 11.4 Å². The molecule has 3 rings (SSSR count). The fourth-order valence-corrected chi connectivity index (χ4v) is 6.03. The van der Waals surface area contributed by atoms with E-state index < -0.39 is 8.07 Å². The summed E-state index contributed by atoms with van der Waals surface area (Å²) in [5.41, 5.74) is 0.638. The van der Waals surface area contributed by atoms with Crippen LogP contribution in [-0.4, -0.2) is 19.5 Å². The van der Waals surface area contributed by atoms with Gasteiger partial charge in [-0.3, -0.25) is 4.79 Å². The second-order valence-corrected chi connectivity index (χ2v) is 13.5. The number of rotatable bonds is 2. The van der Waals surface area contributed by atoms with Crippen molar-refractivity contribution in [3.05, 3.63) is 29.8 Å². The Kier molecular flexibility index (Phi) is 3.09. The number of carbonyl (C=O) groups is 1. The Hall–Kier alpha value is -1.09. The first-order valence-corrected chi connectivity index (χ1v) is 11.3. The summed E-state index contributed by atoms with van der Waals surface area (Å²) in [5.74, 6) is 1.77. The molecule has 108 valence electrons. The predicted molar refractivity (Wildman–Crippen MR) is 84.2 cm³/mol. The molecule has 3 heteroatoms. The van der Waals surface area contributed by atoms with Gasteiger partial charge in [-0.15, -0.1) is 0 Å². The molecule has 0 aromatic heterocycles. The van der Waals surface area contributed by atoms with Crippen molar-refractivity contribution < 1.29 is 9.53 Å². The van der Waals surface area contributed by atoms with Crippen LogP contribution in [0.25, 0.3) is 0 Å². The monoisotopic (exact) mass is 288 g/mol. The number of para-hydroxylation sites is 1. The SMILES string of the molecule is C[C@@]12C[C@@H](C[Si](C)(C)C)[C@@H](C1)C(=O)c1ccccc1O2. The van der Waals surface area contributed by atoms with Crippen molar-refractivity contribution in [2.45, 2.75) is 51.1 Å². The molecule has 3 atom stereocenters. The largest absolute Gasteiger partial charge is 0.487 e. The Balaban J connectivity index is 1.97. The molecular formula is C17H24O2Si. The molecular weight excluding hydrogens is 264 g/mol. The Morgan fingerprint density at radius 2 is 1.95 bits per heavy atom. The molecule has 1 saturated carbocycles. The highest BCUT2D eigenvalue weighted by molar-refractivity contribution is 6.76. The number of Topliss-reactive ketones (excluding diaryl/α,β-unsaturated/α-hetero) is 1. The van der Waals surface area contributed by atoms with Gasteiger partial charge >= 0.3 is 0 Å². The molecule has 1 aromatic carbocycles. The lowest BCUT2D eigenvalue weighted by molar-refractivity contribution is 0.0889. The molecule has 0 saturated heterocycles. The van der Waals surface area contributed by atoms with E-state index in [0.29, 0.717) is 11.7 Å². The molecule has 0 spiro atoms. The maximum absolute atomic E-state index is 12.9. The van der Waals surface area contributed by atoms with Crippen LogP contribution in [0.3, 0.4) is 0 Å². The Labute approximate surface area is 122 Å². The van der Waals surface area contributed by atoms with Crippen molar-refractivity contribution in [2.24, 2.45) is 11.8 Å². The zero-order valence-corrected chi connectivity index (χ0v) is 13.9. The summed E-state index contributed by atoms with van der Waals surface area (Å²) in [4.78, 5) is 12.9. The van der Waals surface area contributed by atoms with E-state index in [1.807, 2.05) is 24.3 Å². The Bertz CT molecular complexity index is 546. The number of ketones is 1. The quantitative estimate of drug-likeness (QED) is 0.755. The molecule has 1 aromatic rings. The van der Waals surface area contributed by atoms with Gasteiger partial charge in [-0.2, -0.15) is 0 Å². The number of hydrogen-bond donors (Lipinski definition) is 0. The highest BCUT2D eigenvalue weighted by Gasteiger charge is 2.50. The standard InChI is InChI=1S/C17H24O2Si/c1-17-9-12(11-20(2,3)4)14(10-17)16(18)13-7-5-6-8-15(13)19-17/h5-8,12,14H,9-11H2,1-4H3/t12-,14+,17+/m0/s1. The number of ether oxygens (including phenoxy) is 1. The summed E-state index contributed by atoms with van der Waals surface area (Å²) < 4.78 is 6.25. The normalized spacial score (nSPS) is 32.5. The minimum atomic E-state index is -1.16. The predicted octanol–water partition coefficient (Wildman–Crippen LogP) is 4.38. The first-order valence-electron chi connectivity index (χ1n) is 7.60. The van der Waals surface area contributed by atoms with Gasteiger partial charge in [0.25, 0.3) is 0 Å². The third-order valence-electron chi connectivity index (χ3n) is 4.63. The summed E-state index contributed by atoms with van der Waals surface area (Å²) >= 11 is 0. The van der Waals surface area contributed by atoms with Gasteiger partial charge in [0.05, 0.1) is 5.56 Å². The maximum Gasteiger partial charge on any atom is 0.170 e. The lowest BCUT2D eigenvalue weighted by Crippen LogP contribution is -2.31. The van der Waals surface area contributed by atoms with E-state index in [4.69, 9.17) is 4.74 Å². The second-order valence-electron chi connectivity index (χ2n) is 7.95. The van der Waals surface area contributed by atoms with E-state index in [1.54, 1.807) is 0 Å². The summed E-state index contributed by atoms with van der Waals surface area (Å²) in [6.45, 7) is 9.36. The summed E-state index contributed by atoms with van der Waals surface area (Å²) in [7, 11) is -1.16. The van der Waals surface area contributed by atoms with Crippen molar-refractivity contribution in [3.63, 3.8) is 0 Å². The van der Waals surface area contributed by atoms with Crippen molar-refractivity contribution in [1.82, 2.24) is 0 Å². The fraction of sp³-hybridized carbons (Fsp3) is 0.588. The van der Waals surface area contributed by atoms with Crippen LogP contribution in [0.5, 0.6) is 5.75 Å². The summed E-state index contributed by atoms with van der Waals surface area (Å²) in [6.07, 6.45) is 1.91. The Morgan fingerprint density at radius 3 is 2.65 bits per heavy atom. The highest BCUT2D eigenvalue weighted by Crippen LogP contribution is 2.49. The molecule has 2 bridgehead atoms. The van der Waals surface area contributed by atoms with E-state index in [2.05, 4.69) is 26.6 Å². The van der Waals surface area contributed by atoms with Gasteiger partial charge in [0.15, 0.2) is 5.78 Å². The smallest absolute Gasteiger partial charge is 0.170 e. The van der Waals surface area contributed by atoms with Crippen LogP contribution in [-0.2, 0) is 0 Å². The van der Waals surface area contributed by atoms with E-state index in [1.165, 1.54) is 6.04 Å². The van der Waals surface area contributed by atoms with E-state index in [-0.39, 0.29) is 11.5 Å². The van der Waals surface area contributed by atoms with Gasteiger partial charge in [0.2, 0.25) is 0 Å². The van der Waals surface area contributed by atoms with Crippen molar-refractivity contribution in [3.8, 4) is 5.75 Å². The zero-order valence-electron chi connectivity index (χ0n) is 12.9. The molecule has 2 nitrogen and oxygen atoms in total. The van der Waals surface area contributed by atoms with Crippen molar-refractivity contribution >= 4 is 13.9 Å². The fourth-order valence-electron chi connectivity index (χ4n) is 4.03. The third-order valence-corrected chi connectivity index (χ3v) is 6.38. The molecule has 1 fully saturated rings.